The number of morpholine rings is 1. The molecule has 0 aromatic carbocycles. The van der Waals surface area contributed by atoms with Crippen molar-refractivity contribution in [2.45, 2.75) is 6.18 Å². The lowest BCUT2D eigenvalue weighted by Crippen LogP contribution is -2.37. The number of nitrogens with zero attached hydrogens (tertiary/aromatic N) is 6. The third kappa shape index (κ3) is 4.09. The molecular formula is C17H15F3N6O2. The first-order valence-electron chi connectivity index (χ1n) is 8.46. The minimum absolute atomic E-state index is 0.140. The number of aromatic nitrogens is 5. The molecule has 0 unspecified atom stereocenters. The minimum atomic E-state index is -4.45. The monoisotopic (exact) mass is 392 g/mol. The van der Waals surface area contributed by atoms with E-state index in [1.165, 1.54) is 12.4 Å². The van der Waals surface area contributed by atoms with Gasteiger partial charge in [0.15, 0.2) is 18.2 Å². The van der Waals surface area contributed by atoms with Gasteiger partial charge < -0.3 is 14.4 Å². The van der Waals surface area contributed by atoms with E-state index in [1.54, 1.807) is 18.5 Å². The molecule has 146 valence electrons. The van der Waals surface area contributed by atoms with E-state index < -0.39 is 12.8 Å². The molecule has 0 spiro atoms. The zero-order valence-electron chi connectivity index (χ0n) is 14.6. The van der Waals surface area contributed by atoms with Crippen LogP contribution in [-0.4, -0.2) is 64.0 Å². The molecule has 8 nitrogen and oxygen atoms in total. The Kier molecular flexibility index (Phi) is 4.90. The van der Waals surface area contributed by atoms with E-state index in [0.717, 1.165) is 0 Å². The lowest BCUT2D eigenvalue weighted by Gasteiger charge is -2.28. The van der Waals surface area contributed by atoms with Crippen LogP contribution in [0.25, 0.3) is 22.4 Å². The average Bonchev–Trinajstić information content (AvgIpc) is 2.72. The summed E-state index contributed by atoms with van der Waals surface area (Å²) in [4.78, 5) is 23.2. The predicted molar refractivity (Wildman–Crippen MR) is 92.9 cm³/mol. The SMILES string of the molecule is FC(F)(F)COc1ccc2nc(-c3cncnc3)nc(N3CCOCC3)c2n1. The fourth-order valence-electron chi connectivity index (χ4n) is 2.76. The van der Waals surface area contributed by atoms with E-state index in [9.17, 15) is 13.2 Å². The summed E-state index contributed by atoms with van der Waals surface area (Å²) in [5.74, 6) is 0.767. The lowest BCUT2D eigenvalue weighted by atomic mass is 10.2. The van der Waals surface area contributed by atoms with Crippen LogP contribution < -0.4 is 9.64 Å². The molecule has 4 rings (SSSR count). The highest BCUT2D eigenvalue weighted by Gasteiger charge is 2.29. The van der Waals surface area contributed by atoms with Crippen molar-refractivity contribution in [2.75, 3.05) is 37.8 Å². The van der Waals surface area contributed by atoms with Crippen molar-refractivity contribution in [3.63, 3.8) is 0 Å². The number of fused-ring (bicyclic) bond motifs is 1. The van der Waals surface area contributed by atoms with Gasteiger partial charge in [-0.3, -0.25) is 0 Å². The van der Waals surface area contributed by atoms with E-state index >= 15 is 0 Å². The molecule has 0 aliphatic carbocycles. The molecule has 0 saturated carbocycles. The Bertz CT molecular complexity index is 964. The smallest absolute Gasteiger partial charge is 0.422 e. The summed E-state index contributed by atoms with van der Waals surface area (Å²) < 4.78 is 47.5. The molecule has 1 saturated heterocycles. The second-order valence-corrected chi connectivity index (χ2v) is 6.02. The van der Waals surface area contributed by atoms with Gasteiger partial charge in [-0.25, -0.2) is 24.9 Å². The lowest BCUT2D eigenvalue weighted by molar-refractivity contribution is -0.154. The van der Waals surface area contributed by atoms with Crippen LogP contribution in [0.3, 0.4) is 0 Å². The molecule has 1 aliphatic heterocycles. The first-order chi connectivity index (χ1) is 13.5. The number of hydrogen-bond donors (Lipinski definition) is 0. The topological polar surface area (TPSA) is 86.2 Å². The van der Waals surface area contributed by atoms with Crippen LogP contribution in [-0.2, 0) is 4.74 Å². The Morgan fingerprint density at radius 3 is 2.50 bits per heavy atom. The third-order valence-corrected chi connectivity index (χ3v) is 4.01. The maximum atomic E-state index is 12.5. The van der Waals surface area contributed by atoms with E-state index in [4.69, 9.17) is 9.47 Å². The standard InChI is InChI=1S/C17H15F3N6O2/c18-17(19,20)9-28-13-2-1-12-14(24-13)16(26-3-5-27-6-4-26)25-15(23-12)11-7-21-10-22-8-11/h1-2,7-8,10H,3-6,9H2. The van der Waals surface area contributed by atoms with Gasteiger partial charge in [0, 0.05) is 31.5 Å². The fourth-order valence-corrected chi connectivity index (χ4v) is 2.76. The van der Waals surface area contributed by atoms with E-state index in [1.807, 2.05) is 4.90 Å². The summed E-state index contributed by atoms with van der Waals surface area (Å²) in [6.45, 7) is 0.760. The third-order valence-electron chi connectivity index (χ3n) is 4.01. The largest absolute Gasteiger partial charge is 0.468 e. The van der Waals surface area contributed by atoms with Gasteiger partial charge >= 0.3 is 6.18 Å². The van der Waals surface area contributed by atoms with Crippen molar-refractivity contribution < 1.29 is 22.6 Å². The molecule has 0 N–H and O–H groups in total. The second kappa shape index (κ2) is 7.50. The number of rotatable bonds is 4. The molecule has 1 fully saturated rings. The Hall–Kier alpha value is -3.08. The summed E-state index contributed by atoms with van der Waals surface area (Å²) in [6, 6.07) is 2.92. The van der Waals surface area contributed by atoms with Gasteiger partial charge in [-0.1, -0.05) is 0 Å². The van der Waals surface area contributed by atoms with Crippen LogP contribution in [0.5, 0.6) is 5.88 Å². The highest BCUT2D eigenvalue weighted by atomic mass is 19.4. The number of anilines is 1. The Balaban J connectivity index is 1.79. The van der Waals surface area contributed by atoms with Crippen molar-refractivity contribution in [2.24, 2.45) is 0 Å². The minimum Gasteiger partial charge on any atom is -0.468 e. The van der Waals surface area contributed by atoms with Gasteiger partial charge in [0.05, 0.1) is 24.3 Å². The van der Waals surface area contributed by atoms with Crippen LogP contribution in [0.1, 0.15) is 0 Å². The van der Waals surface area contributed by atoms with Crippen LogP contribution in [0.15, 0.2) is 30.9 Å². The Labute approximate surface area is 157 Å². The van der Waals surface area contributed by atoms with Crippen LogP contribution in [0, 0.1) is 0 Å². The quantitative estimate of drug-likeness (QED) is 0.668. The van der Waals surface area contributed by atoms with Gasteiger partial charge in [0.25, 0.3) is 0 Å². The zero-order chi connectivity index (χ0) is 19.6. The molecule has 0 amide bonds. The summed E-state index contributed by atoms with van der Waals surface area (Å²) in [7, 11) is 0. The van der Waals surface area contributed by atoms with Crippen molar-refractivity contribution in [3.8, 4) is 17.3 Å². The number of alkyl halides is 3. The average molecular weight is 392 g/mol. The van der Waals surface area contributed by atoms with Crippen molar-refractivity contribution in [3.05, 3.63) is 30.9 Å². The van der Waals surface area contributed by atoms with Crippen molar-refractivity contribution >= 4 is 16.9 Å². The van der Waals surface area contributed by atoms with Crippen LogP contribution >= 0.6 is 0 Å². The molecule has 3 aromatic heterocycles. The zero-order valence-corrected chi connectivity index (χ0v) is 14.6. The Morgan fingerprint density at radius 1 is 1.04 bits per heavy atom. The molecule has 1 aliphatic rings. The van der Waals surface area contributed by atoms with E-state index in [-0.39, 0.29) is 5.88 Å². The van der Waals surface area contributed by atoms with E-state index in [0.29, 0.717) is 54.5 Å². The maximum absolute atomic E-state index is 12.5. The van der Waals surface area contributed by atoms with Crippen molar-refractivity contribution in [1.82, 2.24) is 24.9 Å². The van der Waals surface area contributed by atoms with Gasteiger partial charge in [-0.15, -0.1) is 0 Å². The van der Waals surface area contributed by atoms with Crippen LogP contribution in [0.4, 0.5) is 19.0 Å². The highest BCUT2D eigenvalue weighted by molar-refractivity contribution is 5.88. The summed E-state index contributed by atoms with van der Waals surface area (Å²) in [6.07, 6.45) is 0.133. The normalized spacial score (nSPS) is 15.0. The van der Waals surface area contributed by atoms with E-state index in [2.05, 4.69) is 24.9 Å². The van der Waals surface area contributed by atoms with Gasteiger partial charge in [0.1, 0.15) is 11.8 Å². The predicted octanol–water partition coefficient (Wildman–Crippen LogP) is 2.26. The highest BCUT2D eigenvalue weighted by Crippen LogP contribution is 2.28. The molecule has 0 radical (unpaired) electrons. The second-order valence-electron chi connectivity index (χ2n) is 6.02. The number of halogens is 3. The first-order valence-corrected chi connectivity index (χ1v) is 8.46. The molecule has 28 heavy (non-hydrogen) atoms. The summed E-state index contributed by atoms with van der Waals surface area (Å²) in [5, 5.41) is 0. The number of pyridine rings is 1. The summed E-state index contributed by atoms with van der Waals surface area (Å²) in [5.41, 5.74) is 1.47. The number of hydrogen-bond acceptors (Lipinski definition) is 8. The van der Waals surface area contributed by atoms with Crippen LogP contribution in [0.2, 0.25) is 0 Å². The molecular weight excluding hydrogens is 377 g/mol. The van der Waals surface area contributed by atoms with Gasteiger partial charge in [-0.05, 0) is 6.07 Å². The molecule has 0 atom stereocenters. The van der Waals surface area contributed by atoms with Crippen molar-refractivity contribution in [1.29, 1.82) is 0 Å². The molecule has 11 heteroatoms. The molecule has 4 heterocycles. The Morgan fingerprint density at radius 2 is 1.79 bits per heavy atom. The van der Waals surface area contributed by atoms with Gasteiger partial charge in [-0.2, -0.15) is 13.2 Å². The first kappa shape index (κ1) is 18.3. The molecule has 3 aromatic rings. The molecule has 0 bridgehead atoms. The number of ether oxygens (including phenoxy) is 2. The summed E-state index contributed by atoms with van der Waals surface area (Å²) >= 11 is 0. The van der Waals surface area contributed by atoms with Gasteiger partial charge in [0.2, 0.25) is 5.88 Å². The fraction of sp³-hybridized carbons (Fsp3) is 0.353. The maximum Gasteiger partial charge on any atom is 0.422 e.